The molecule has 0 spiro atoms. The van der Waals surface area contributed by atoms with Crippen LogP contribution in [-0.2, 0) is 0 Å². The fourth-order valence-electron chi connectivity index (χ4n) is 0.939. The molecular formula is C10H13FN2O. The fourth-order valence-corrected chi connectivity index (χ4v) is 0.939. The molecule has 1 aromatic rings. The molecule has 1 amide bonds. The van der Waals surface area contributed by atoms with Crippen molar-refractivity contribution in [3.63, 3.8) is 0 Å². The second-order valence-corrected chi connectivity index (χ2v) is 4.05. The zero-order valence-corrected chi connectivity index (χ0v) is 8.47. The highest BCUT2D eigenvalue weighted by molar-refractivity contribution is 5.92. The summed E-state index contributed by atoms with van der Waals surface area (Å²) in [4.78, 5) is 15.0. The molecule has 0 fully saturated rings. The minimum absolute atomic E-state index is 0.0972. The lowest BCUT2D eigenvalue weighted by Gasteiger charge is -2.19. The molecule has 0 aliphatic rings. The highest BCUT2D eigenvalue weighted by atomic mass is 19.1. The third kappa shape index (κ3) is 3.12. The van der Waals surface area contributed by atoms with Gasteiger partial charge in [-0.05, 0) is 32.9 Å². The van der Waals surface area contributed by atoms with E-state index in [1.165, 1.54) is 18.2 Å². The van der Waals surface area contributed by atoms with E-state index in [0.717, 1.165) is 0 Å². The third-order valence-corrected chi connectivity index (χ3v) is 1.44. The number of amides is 1. The van der Waals surface area contributed by atoms with Crippen LogP contribution < -0.4 is 5.32 Å². The molecule has 14 heavy (non-hydrogen) atoms. The van der Waals surface area contributed by atoms with Crippen molar-refractivity contribution in [2.45, 2.75) is 26.3 Å². The van der Waals surface area contributed by atoms with Gasteiger partial charge in [0.15, 0.2) is 0 Å². The smallest absolute Gasteiger partial charge is 0.270 e. The maximum Gasteiger partial charge on any atom is 0.270 e. The van der Waals surface area contributed by atoms with Crippen molar-refractivity contribution in [3.05, 3.63) is 29.8 Å². The first kappa shape index (κ1) is 10.6. The maximum absolute atomic E-state index is 12.7. The summed E-state index contributed by atoms with van der Waals surface area (Å²) < 4.78 is 12.7. The Hall–Kier alpha value is -1.45. The summed E-state index contributed by atoms with van der Waals surface area (Å²) in [6.07, 6.45) is 0. The van der Waals surface area contributed by atoms with Crippen molar-refractivity contribution in [3.8, 4) is 0 Å². The van der Waals surface area contributed by atoms with Crippen LogP contribution in [0.1, 0.15) is 31.3 Å². The molecule has 4 heteroatoms. The van der Waals surface area contributed by atoms with Crippen molar-refractivity contribution < 1.29 is 9.18 Å². The third-order valence-electron chi connectivity index (χ3n) is 1.44. The number of nitrogens with one attached hydrogen (secondary N) is 1. The second-order valence-electron chi connectivity index (χ2n) is 4.05. The lowest BCUT2D eigenvalue weighted by molar-refractivity contribution is 0.0913. The quantitative estimate of drug-likeness (QED) is 0.695. The van der Waals surface area contributed by atoms with E-state index in [1.807, 2.05) is 20.8 Å². The first-order valence-corrected chi connectivity index (χ1v) is 4.33. The molecule has 0 aromatic carbocycles. The van der Waals surface area contributed by atoms with Crippen LogP contribution in [0.25, 0.3) is 0 Å². The number of halogens is 1. The van der Waals surface area contributed by atoms with Gasteiger partial charge in [0, 0.05) is 5.54 Å². The zero-order valence-electron chi connectivity index (χ0n) is 8.47. The summed E-state index contributed by atoms with van der Waals surface area (Å²) in [6.45, 7) is 5.55. The van der Waals surface area contributed by atoms with Crippen LogP contribution in [0, 0.1) is 5.95 Å². The van der Waals surface area contributed by atoms with Gasteiger partial charge < -0.3 is 5.32 Å². The highest BCUT2D eigenvalue weighted by Gasteiger charge is 2.16. The van der Waals surface area contributed by atoms with Crippen LogP contribution in [0.5, 0.6) is 0 Å². The predicted molar refractivity (Wildman–Crippen MR) is 51.4 cm³/mol. The van der Waals surface area contributed by atoms with Crippen molar-refractivity contribution in [2.24, 2.45) is 0 Å². The summed E-state index contributed by atoms with van der Waals surface area (Å²) in [5.41, 5.74) is -0.245. The largest absolute Gasteiger partial charge is 0.346 e. The molecule has 0 radical (unpaired) electrons. The van der Waals surface area contributed by atoms with Gasteiger partial charge in [0.25, 0.3) is 5.91 Å². The van der Waals surface area contributed by atoms with Gasteiger partial charge in [0.1, 0.15) is 5.69 Å². The summed E-state index contributed by atoms with van der Waals surface area (Å²) in [5, 5.41) is 2.69. The molecule has 3 nitrogen and oxygen atoms in total. The molecule has 0 aliphatic heterocycles. The molecule has 0 atom stereocenters. The molecule has 1 rings (SSSR count). The van der Waals surface area contributed by atoms with Crippen molar-refractivity contribution in [1.82, 2.24) is 10.3 Å². The molecular weight excluding hydrogens is 183 g/mol. The Morgan fingerprint density at radius 2 is 2.07 bits per heavy atom. The van der Waals surface area contributed by atoms with Gasteiger partial charge in [0.2, 0.25) is 5.95 Å². The molecule has 1 heterocycles. The van der Waals surface area contributed by atoms with Crippen molar-refractivity contribution >= 4 is 5.91 Å². The van der Waals surface area contributed by atoms with Gasteiger partial charge in [-0.15, -0.1) is 0 Å². The zero-order chi connectivity index (χ0) is 10.8. The number of carbonyl (C=O) groups excluding carboxylic acids is 1. The minimum Gasteiger partial charge on any atom is -0.346 e. The standard InChI is InChI=1S/C10H13FN2O/c1-10(2,3)13-9(14)7-5-4-6-8(11)12-7/h4-6H,1-3H3,(H,13,14). The number of rotatable bonds is 1. The summed E-state index contributed by atoms with van der Waals surface area (Å²) >= 11 is 0. The van der Waals surface area contributed by atoms with Crippen LogP contribution in [0.2, 0.25) is 0 Å². The lowest BCUT2D eigenvalue weighted by atomic mass is 10.1. The number of hydrogen-bond acceptors (Lipinski definition) is 2. The Bertz CT molecular complexity index is 344. The first-order valence-electron chi connectivity index (χ1n) is 4.33. The Balaban J connectivity index is 2.80. The van der Waals surface area contributed by atoms with Gasteiger partial charge in [-0.2, -0.15) is 4.39 Å². The van der Waals surface area contributed by atoms with E-state index in [4.69, 9.17) is 0 Å². The van der Waals surface area contributed by atoms with Gasteiger partial charge in [0.05, 0.1) is 0 Å². The molecule has 0 unspecified atom stereocenters. The van der Waals surface area contributed by atoms with E-state index in [9.17, 15) is 9.18 Å². The van der Waals surface area contributed by atoms with Gasteiger partial charge in [-0.3, -0.25) is 4.79 Å². The van der Waals surface area contributed by atoms with Crippen LogP contribution in [0.15, 0.2) is 18.2 Å². The van der Waals surface area contributed by atoms with E-state index in [2.05, 4.69) is 10.3 Å². The molecule has 1 N–H and O–H groups in total. The summed E-state index contributed by atoms with van der Waals surface area (Å²) in [6, 6.07) is 4.14. The maximum atomic E-state index is 12.7. The Morgan fingerprint density at radius 3 is 2.57 bits per heavy atom. The van der Waals surface area contributed by atoms with Crippen molar-refractivity contribution in [1.29, 1.82) is 0 Å². The van der Waals surface area contributed by atoms with Gasteiger partial charge >= 0.3 is 0 Å². The lowest BCUT2D eigenvalue weighted by Crippen LogP contribution is -2.40. The Morgan fingerprint density at radius 1 is 1.43 bits per heavy atom. The molecule has 76 valence electrons. The predicted octanol–water partition coefficient (Wildman–Crippen LogP) is 1.75. The van der Waals surface area contributed by atoms with Crippen LogP contribution >= 0.6 is 0 Å². The molecule has 0 saturated heterocycles. The molecule has 0 saturated carbocycles. The summed E-state index contributed by atoms with van der Waals surface area (Å²) in [7, 11) is 0. The van der Waals surface area contributed by atoms with Crippen LogP contribution in [0.3, 0.4) is 0 Å². The number of hydrogen-bond donors (Lipinski definition) is 1. The van der Waals surface area contributed by atoms with E-state index in [1.54, 1.807) is 0 Å². The number of nitrogens with zero attached hydrogens (tertiary/aromatic N) is 1. The fraction of sp³-hybridized carbons (Fsp3) is 0.400. The van der Waals surface area contributed by atoms with Crippen LogP contribution in [-0.4, -0.2) is 16.4 Å². The topological polar surface area (TPSA) is 42.0 Å². The normalized spacial score (nSPS) is 11.1. The molecule has 1 aromatic heterocycles. The van der Waals surface area contributed by atoms with Crippen LogP contribution in [0.4, 0.5) is 4.39 Å². The average Bonchev–Trinajstić information content (AvgIpc) is 2.01. The van der Waals surface area contributed by atoms with Gasteiger partial charge in [-0.1, -0.05) is 6.07 Å². The first-order chi connectivity index (χ1) is 6.38. The van der Waals surface area contributed by atoms with E-state index < -0.39 is 5.95 Å². The van der Waals surface area contributed by atoms with E-state index in [0.29, 0.717) is 0 Å². The Kier molecular flexibility index (Phi) is 2.84. The average molecular weight is 196 g/mol. The Labute approximate surface area is 82.4 Å². The SMILES string of the molecule is CC(C)(C)NC(=O)c1cccc(F)n1. The molecule has 0 bridgehead atoms. The number of pyridine rings is 1. The molecule has 0 aliphatic carbocycles. The van der Waals surface area contributed by atoms with E-state index >= 15 is 0 Å². The van der Waals surface area contributed by atoms with Crippen molar-refractivity contribution in [2.75, 3.05) is 0 Å². The summed E-state index contributed by atoms with van der Waals surface area (Å²) in [5.74, 6) is -1.01. The van der Waals surface area contributed by atoms with E-state index in [-0.39, 0.29) is 17.1 Å². The highest BCUT2D eigenvalue weighted by Crippen LogP contribution is 2.03. The number of aromatic nitrogens is 1. The minimum atomic E-state index is -0.647. The second kappa shape index (κ2) is 3.74. The van der Waals surface area contributed by atoms with Gasteiger partial charge in [-0.25, -0.2) is 4.98 Å². The number of carbonyl (C=O) groups is 1. The monoisotopic (exact) mass is 196 g/mol.